The molecule has 19 aliphatic rings. The highest BCUT2D eigenvalue weighted by molar-refractivity contribution is 5.39. The Kier molecular flexibility index (Phi) is 26.2. The van der Waals surface area contributed by atoms with E-state index in [4.69, 9.17) is 0 Å². The minimum atomic E-state index is 0.441. The summed E-state index contributed by atoms with van der Waals surface area (Å²) in [6, 6.07) is 18.3. The van der Waals surface area contributed by atoms with E-state index in [2.05, 4.69) is 182 Å². The van der Waals surface area contributed by atoms with Crippen molar-refractivity contribution in [2.75, 3.05) is 0 Å². The molecule has 2 aromatic carbocycles. The molecular formula is C112H172. The van der Waals surface area contributed by atoms with Gasteiger partial charge in [-0.2, -0.15) is 0 Å². The Balaban J connectivity index is 0.000000103. The molecule has 2 aromatic rings. The fraction of sp³-hybridized carbons (Fsp3) is 0.786. The van der Waals surface area contributed by atoms with Crippen molar-refractivity contribution in [1.29, 1.82) is 0 Å². The van der Waals surface area contributed by atoms with Crippen LogP contribution < -0.4 is 0 Å². The molecule has 0 saturated heterocycles. The quantitative estimate of drug-likeness (QED) is 0.231. The predicted octanol–water partition coefficient (Wildman–Crippen LogP) is 33.8. The van der Waals surface area contributed by atoms with E-state index in [1.54, 1.807) is 22.3 Å². The van der Waals surface area contributed by atoms with Crippen molar-refractivity contribution in [3.05, 3.63) is 141 Å². The van der Waals surface area contributed by atoms with Crippen molar-refractivity contribution in [3.8, 4) is 0 Å². The van der Waals surface area contributed by atoms with Crippen LogP contribution >= 0.6 is 0 Å². The molecule has 0 amide bonds. The molecule has 0 aromatic heterocycles. The van der Waals surface area contributed by atoms with Gasteiger partial charge >= 0.3 is 0 Å². The van der Waals surface area contributed by atoms with E-state index in [0.29, 0.717) is 48.7 Å². The van der Waals surface area contributed by atoms with Crippen molar-refractivity contribution in [3.63, 3.8) is 0 Å². The van der Waals surface area contributed by atoms with Gasteiger partial charge in [0, 0.05) is 0 Å². The highest BCUT2D eigenvalue weighted by Crippen LogP contribution is 2.67. The Hall–Kier alpha value is -3.12. The Bertz CT molecular complexity index is 3610. The van der Waals surface area contributed by atoms with Gasteiger partial charge in [-0.15, -0.1) is 0 Å². The van der Waals surface area contributed by atoms with Crippen LogP contribution in [-0.4, -0.2) is 0 Å². The average Bonchev–Trinajstić information content (AvgIpc) is 0.749. The van der Waals surface area contributed by atoms with E-state index in [-0.39, 0.29) is 0 Å². The monoisotopic (exact) mass is 1520 g/mol. The maximum atomic E-state index is 2.64. The van der Waals surface area contributed by atoms with Crippen molar-refractivity contribution < 1.29 is 0 Å². The summed E-state index contributed by atoms with van der Waals surface area (Å²) in [6.07, 6.45) is 88.7. The van der Waals surface area contributed by atoms with Crippen LogP contribution in [0.1, 0.15) is 440 Å². The van der Waals surface area contributed by atoms with Crippen molar-refractivity contribution in [2.24, 2.45) is 120 Å². The van der Waals surface area contributed by atoms with Gasteiger partial charge in [-0.1, -0.05) is 273 Å². The second-order valence-corrected chi connectivity index (χ2v) is 47.2. The van der Waals surface area contributed by atoms with Crippen LogP contribution in [0, 0.1) is 120 Å². The minimum absolute atomic E-state index is 0.441. The number of benzene rings is 2. The lowest BCUT2D eigenvalue weighted by molar-refractivity contribution is -0.0563. The zero-order chi connectivity index (χ0) is 78.3. The first-order valence-corrected chi connectivity index (χ1v) is 50.0. The van der Waals surface area contributed by atoms with Crippen LogP contribution in [0.3, 0.4) is 0 Å². The van der Waals surface area contributed by atoms with Crippen LogP contribution in [0.15, 0.2) is 118 Å². The maximum absolute atomic E-state index is 2.64. The normalized spacial score (nSPS) is 39.9. The second-order valence-electron chi connectivity index (χ2n) is 47.2. The van der Waals surface area contributed by atoms with Crippen LogP contribution in [0.25, 0.3) is 0 Å². The number of allylic oxidation sites excluding steroid dienone is 12. The molecule has 19 aliphatic carbocycles. The zero-order valence-corrected chi connectivity index (χ0v) is 75.7. The maximum Gasteiger partial charge on any atom is -0.00391 e. The van der Waals surface area contributed by atoms with Gasteiger partial charge in [-0.3, -0.25) is 0 Å². The van der Waals surface area contributed by atoms with Crippen LogP contribution in [0.4, 0.5) is 0 Å². The number of aryl methyl sites for hydroxylation is 2. The summed E-state index contributed by atoms with van der Waals surface area (Å²) in [4.78, 5) is 0. The summed E-state index contributed by atoms with van der Waals surface area (Å²) < 4.78 is 0. The molecule has 0 N–H and O–H groups in total. The molecule has 0 nitrogen and oxygen atoms in total. The molecule has 11 fully saturated rings. The van der Waals surface area contributed by atoms with E-state index < -0.39 is 0 Å². The first-order valence-electron chi connectivity index (χ1n) is 50.0. The van der Waals surface area contributed by atoms with Gasteiger partial charge in [-0.25, -0.2) is 0 Å². The molecule has 112 heavy (non-hydrogen) atoms. The molecule has 0 heterocycles. The van der Waals surface area contributed by atoms with Gasteiger partial charge in [0.15, 0.2) is 0 Å². The fourth-order valence-electron chi connectivity index (χ4n) is 33.4. The van der Waals surface area contributed by atoms with Crippen molar-refractivity contribution in [1.82, 2.24) is 0 Å². The van der Waals surface area contributed by atoms with Gasteiger partial charge in [0.25, 0.3) is 0 Å². The number of hydrogen-bond acceptors (Lipinski definition) is 0. The summed E-state index contributed by atoms with van der Waals surface area (Å²) in [5.74, 6) is 13.6. The third kappa shape index (κ3) is 17.2. The standard InChI is InChI=1S/3C17H28.C17H24.C16H26.C14H20.C14H18/c4*1-16(2)11-6-12-17(3)14-8-5-4-7-13(14)9-10-15(16)17;1-16(2)11-5-8-14-13-7-4-3-6-12(13)9-10-15(14)16;2*1-3-7-13-11(5-1)9-10-12-6-2-4-8-14(12)13/h8,13,15H,4-7,9-12H2,1-3H3;2*7,14-15H,4-6,8-12H2,1-3H3;4-5,7-8,15H,6,9-12H2,1-3H3;7,12,14-15H,3-6,8-11H2,1-2H3;1,3,12,14H,2,4-10H2;1,3,5,7,12,14H,2,4,6,8-10H2/t13?,15?,17-;14?,15?,17-;;15?,17-;;;/m11.1.../s1. The summed E-state index contributed by atoms with van der Waals surface area (Å²) in [6.45, 7) is 35.6. The topological polar surface area (TPSA) is 0 Å². The number of hydrogen-bond donors (Lipinski definition) is 0. The first kappa shape index (κ1) is 83.9. The molecule has 18 atom stereocenters. The van der Waals surface area contributed by atoms with Gasteiger partial charge in [0.05, 0.1) is 0 Å². The Labute approximate surface area is 692 Å². The Morgan fingerprint density at radius 3 is 1.46 bits per heavy atom. The lowest BCUT2D eigenvalue weighted by Gasteiger charge is -2.58. The largest absolute Gasteiger partial charge is 0.0850 e. The summed E-state index contributed by atoms with van der Waals surface area (Å²) in [5.41, 5.74) is 22.9. The van der Waals surface area contributed by atoms with Crippen LogP contribution in [0.2, 0.25) is 0 Å². The van der Waals surface area contributed by atoms with Gasteiger partial charge < -0.3 is 0 Å². The molecule has 0 bridgehead atoms. The summed E-state index contributed by atoms with van der Waals surface area (Å²) in [7, 11) is 0. The fourth-order valence-corrected chi connectivity index (χ4v) is 33.4. The van der Waals surface area contributed by atoms with E-state index in [1.807, 2.05) is 33.4 Å². The van der Waals surface area contributed by atoms with Crippen LogP contribution in [0.5, 0.6) is 0 Å². The first-order chi connectivity index (χ1) is 53.7. The van der Waals surface area contributed by atoms with Crippen molar-refractivity contribution in [2.45, 2.75) is 436 Å². The predicted molar refractivity (Wildman–Crippen MR) is 484 cm³/mol. The van der Waals surface area contributed by atoms with Crippen molar-refractivity contribution >= 4 is 0 Å². The third-order valence-electron chi connectivity index (χ3n) is 38.8. The third-order valence-corrected chi connectivity index (χ3v) is 38.8. The average molecular weight is 1520 g/mol. The Morgan fingerprint density at radius 1 is 0.304 bits per heavy atom. The van der Waals surface area contributed by atoms with E-state index in [9.17, 15) is 0 Å². The van der Waals surface area contributed by atoms with E-state index >= 15 is 0 Å². The molecule has 620 valence electrons. The van der Waals surface area contributed by atoms with E-state index in [0.717, 1.165) is 82.9 Å². The van der Waals surface area contributed by atoms with Gasteiger partial charge in [0.1, 0.15) is 0 Å². The molecule has 0 spiro atoms. The molecule has 11 saturated carbocycles. The molecular weight excluding hydrogens is 1350 g/mol. The lowest BCUT2D eigenvalue weighted by Crippen LogP contribution is -2.49. The minimum Gasteiger partial charge on any atom is -0.0850 e. The van der Waals surface area contributed by atoms with Crippen LogP contribution in [-0.2, 0) is 18.3 Å². The lowest BCUT2D eigenvalue weighted by atomic mass is 9.46. The molecule has 15 unspecified atom stereocenters. The number of fused-ring (bicyclic) bond motifs is 20. The summed E-state index contributed by atoms with van der Waals surface area (Å²) in [5, 5.41) is 0. The Morgan fingerprint density at radius 2 is 0.786 bits per heavy atom. The smallest absolute Gasteiger partial charge is 0.00391 e. The SMILES string of the molecule is C1=CCC2=C(C1)CCC1CCCCC21.CC1(C)CCCC2(C)C3CCCC=C3CCC12.CC1(C)CCCC2C3=CCCCC3CCC21.CC1(C)CCC[C@]2(C)C3=CCCCC3CCC12.CC1(C)CCC[C@]2(C)C3CCCC=C3CCC12.CC1(C)CCC[C@]2(C)c3ccccc3CCC12.c1ccc2c(c1)CCC1CCCCC21. The van der Waals surface area contributed by atoms with Gasteiger partial charge in [-0.05, 0) is 424 Å². The van der Waals surface area contributed by atoms with E-state index in [1.165, 1.54) is 327 Å². The second kappa shape index (κ2) is 34.9. The zero-order valence-electron chi connectivity index (χ0n) is 75.7. The molecule has 0 radical (unpaired) electrons. The highest BCUT2D eigenvalue weighted by Gasteiger charge is 2.57. The molecule has 21 rings (SSSR count). The highest BCUT2D eigenvalue weighted by atomic mass is 14.6. The van der Waals surface area contributed by atoms with Gasteiger partial charge in [0.2, 0.25) is 0 Å². The summed E-state index contributed by atoms with van der Waals surface area (Å²) >= 11 is 0. The molecule has 0 aliphatic heterocycles. The number of rotatable bonds is 0. The molecule has 0 heteroatoms.